The maximum Gasteiger partial charge on any atom is 0.416 e. The molecular formula is C15H12F4N2S. The van der Waals surface area contributed by atoms with Crippen LogP contribution in [0.2, 0.25) is 0 Å². The first-order valence-corrected chi connectivity index (χ1v) is 6.68. The first-order valence-electron chi connectivity index (χ1n) is 6.27. The Morgan fingerprint density at radius 3 is 2.23 bits per heavy atom. The van der Waals surface area contributed by atoms with Crippen molar-refractivity contribution >= 4 is 28.7 Å². The molecule has 2 rings (SSSR count). The zero-order valence-corrected chi connectivity index (χ0v) is 12.3. The molecule has 0 saturated carbocycles. The van der Waals surface area contributed by atoms with Crippen molar-refractivity contribution in [3.8, 4) is 0 Å². The van der Waals surface area contributed by atoms with E-state index in [-0.39, 0.29) is 10.8 Å². The fraction of sp³-hybridized carbons (Fsp3) is 0.133. The Balaban J connectivity index is 2.04. The third kappa shape index (κ3) is 4.17. The molecule has 0 bridgehead atoms. The average Bonchev–Trinajstić information content (AvgIpc) is 2.42. The Morgan fingerprint density at radius 1 is 1.00 bits per heavy atom. The number of benzene rings is 2. The minimum atomic E-state index is -4.39. The van der Waals surface area contributed by atoms with Gasteiger partial charge in [-0.1, -0.05) is 6.07 Å². The fourth-order valence-corrected chi connectivity index (χ4v) is 1.99. The van der Waals surface area contributed by atoms with Crippen molar-refractivity contribution in [2.75, 3.05) is 10.6 Å². The van der Waals surface area contributed by atoms with Crippen molar-refractivity contribution in [1.82, 2.24) is 0 Å². The molecule has 0 fully saturated rings. The minimum absolute atomic E-state index is 0.0873. The molecule has 2 N–H and O–H groups in total. The van der Waals surface area contributed by atoms with E-state index in [9.17, 15) is 17.6 Å². The summed E-state index contributed by atoms with van der Waals surface area (Å²) in [7, 11) is 0. The van der Waals surface area contributed by atoms with Crippen LogP contribution in [0.25, 0.3) is 0 Å². The van der Waals surface area contributed by atoms with Crippen LogP contribution in [0.15, 0.2) is 42.5 Å². The first-order chi connectivity index (χ1) is 10.3. The van der Waals surface area contributed by atoms with Crippen LogP contribution in [0.1, 0.15) is 11.1 Å². The molecule has 0 aliphatic carbocycles. The van der Waals surface area contributed by atoms with Gasteiger partial charge < -0.3 is 10.6 Å². The van der Waals surface area contributed by atoms with Gasteiger partial charge in [0, 0.05) is 5.69 Å². The van der Waals surface area contributed by atoms with Crippen LogP contribution in [0.4, 0.5) is 28.9 Å². The van der Waals surface area contributed by atoms with Crippen molar-refractivity contribution in [2.45, 2.75) is 13.1 Å². The molecule has 116 valence electrons. The molecule has 0 aromatic heterocycles. The second-order valence-electron chi connectivity index (χ2n) is 4.64. The average molecular weight is 328 g/mol. The summed E-state index contributed by atoms with van der Waals surface area (Å²) in [4.78, 5) is 0. The largest absolute Gasteiger partial charge is 0.416 e. The lowest BCUT2D eigenvalue weighted by Crippen LogP contribution is -2.20. The highest BCUT2D eigenvalue weighted by Crippen LogP contribution is 2.29. The zero-order valence-electron chi connectivity index (χ0n) is 11.5. The molecule has 2 nitrogen and oxygen atoms in total. The van der Waals surface area contributed by atoms with Crippen LogP contribution in [0.3, 0.4) is 0 Å². The third-order valence-corrected chi connectivity index (χ3v) is 3.04. The van der Waals surface area contributed by atoms with Crippen molar-refractivity contribution in [3.63, 3.8) is 0 Å². The van der Waals surface area contributed by atoms with E-state index in [1.165, 1.54) is 18.2 Å². The van der Waals surface area contributed by atoms with Crippen molar-refractivity contribution < 1.29 is 17.6 Å². The predicted molar refractivity (Wildman–Crippen MR) is 82.4 cm³/mol. The van der Waals surface area contributed by atoms with Gasteiger partial charge in [0.25, 0.3) is 0 Å². The number of nitrogens with one attached hydrogen (secondary N) is 2. The minimum Gasteiger partial charge on any atom is -0.332 e. The summed E-state index contributed by atoms with van der Waals surface area (Å²) in [5, 5.41) is 5.46. The lowest BCUT2D eigenvalue weighted by Gasteiger charge is -2.12. The maximum absolute atomic E-state index is 13.6. The van der Waals surface area contributed by atoms with Gasteiger partial charge in [-0.05, 0) is 61.1 Å². The van der Waals surface area contributed by atoms with Crippen molar-refractivity contribution in [3.05, 3.63) is 59.4 Å². The number of hydrogen-bond donors (Lipinski definition) is 2. The van der Waals surface area contributed by atoms with Crippen LogP contribution in [0.5, 0.6) is 0 Å². The Labute approximate surface area is 130 Å². The highest BCUT2D eigenvalue weighted by Gasteiger charge is 2.29. The Bertz CT molecular complexity index is 681. The quantitative estimate of drug-likeness (QED) is 0.602. The summed E-state index contributed by atoms with van der Waals surface area (Å²) in [6, 6.07) is 8.89. The molecule has 0 aliphatic rings. The van der Waals surface area contributed by atoms with E-state index in [1.54, 1.807) is 19.1 Å². The summed E-state index contributed by atoms with van der Waals surface area (Å²) >= 11 is 5.02. The molecule has 0 amide bonds. The summed E-state index contributed by atoms with van der Waals surface area (Å²) in [5.74, 6) is -0.470. The van der Waals surface area contributed by atoms with E-state index >= 15 is 0 Å². The van der Waals surface area contributed by atoms with Crippen molar-refractivity contribution in [1.29, 1.82) is 0 Å². The van der Waals surface area contributed by atoms with Gasteiger partial charge in [0.2, 0.25) is 0 Å². The molecule has 0 aliphatic heterocycles. The van der Waals surface area contributed by atoms with E-state index in [4.69, 9.17) is 12.2 Å². The number of anilines is 2. The standard InChI is InChI=1S/C15H12F4N2S/c1-9-2-7-12(16)13(8-9)21-14(22)20-11-5-3-10(4-6-11)15(17,18)19/h2-8H,1H3,(H2,20,21,22). The van der Waals surface area contributed by atoms with E-state index < -0.39 is 17.6 Å². The van der Waals surface area contributed by atoms with Crippen LogP contribution in [0, 0.1) is 12.7 Å². The molecule has 0 unspecified atom stereocenters. The SMILES string of the molecule is Cc1ccc(F)c(NC(=S)Nc2ccc(C(F)(F)F)cc2)c1. The number of halogens is 4. The highest BCUT2D eigenvalue weighted by molar-refractivity contribution is 7.80. The van der Waals surface area contributed by atoms with Crippen LogP contribution >= 0.6 is 12.2 Å². The normalized spacial score (nSPS) is 11.1. The first kappa shape index (κ1) is 16.2. The van der Waals surface area contributed by atoms with E-state index in [0.29, 0.717) is 5.69 Å². The number of thiocarbonyl (C=S) groups is 1. The van der Waals surface area contributed by atoms with Crippen molar-refractivity contribution in [2.24, 2.45) is 0 Å². The van der Waals surface area contributed by atoms with Gasteiger partial charge in [0.05, 0.1) is 11.3 Å². The molecule has 0 atom stereocenters. The molecule has 0 heterocycles. The number of hydrogen-bond acceptors (Lipinski definition) is 1. The monoisotopic (exact) mass is 328 g/mol. The van der Waals surface area contributed by atoms with E-state index in [1.807, 2.05) is 0 Å². The number of aryl methyl sites for hydroxylation is 1. The Kier molecular flexibility index (Phi) is 4.65. The summed E-state index contributed by atoms with van der Waals surface area (Å²) in [5.41, 5.74) is 0.672. The van der Waals surface area contributed by atoms with Gasteiger partial charge in [0.1, 0.15) is 5.82 Å². The summed E-state index contributed by atoms with van der Waals surface area (Å²) < 4.78 is 50.9. The molecule has 7 heteroatoms. The number of rotatable bonds is 2. The molecule has 0 radical (unpaired) electrons. The second kappa shape index (κ2) is 6.31. The zero-order chi connectivity index (χ0) is 16.3. The van der Waals surface area contributed by atoms with E-state index in [2.05, 4.69) is 10.6 Å². The van der Waals surface area contributed by atoms with Gasteiger partial charge in [-0.3, -0.25) is 0 Å². The third-order valence-electron chi connectivity index (χ3n) is 2.84. The van der Waals surface area contributed by atoms with Gasteiger partial charge in [0.15, 0.2) is 5.11 Å². The summed E-state index contributed by atoms with van der Waals surface area (Å²) in [6.07, 6.45) is -4.39. The van der Waals surface area contributed by atoms with E-state index in [0.717, 1.165) is 17.7 Å². The maximum atomic E-state index is 13.6. The molecule has 0 spiro atoms. The molecule has 2 aromatic carbocycles. The smallest absolute Gasteiger partial charge is 0.332 e. The van der Waals surface area contributed by atoms with Gasteiger partial charge in [-0.15, -0.1) is 0 Å². The van der Waals surface area contributed by atoms with Crippen LogP contribution < -0.4 is 10.6 Å². The van der Waals surface area contributed by atoms with Crippen LogP contribution in [-0.2, 0) is 6.18 Å². The number of alkyl halides is 3. The van der Waals surface area contributed by atoms with Gasteiger partial charge in [-0.2, -0.15) is 13.2 Å². The Hall–Kier alpha value is -2.15. The highest BCUT2D eigenvalue weighted by atomic mass is 32.1. The van der Waals surface area contributed by atoms with Crippen LogP contribution in [-0.4, -0.2) is 5.11 Å². The lowest BCUT2D eigenvalue weighted by atomic mass is 10.2. The molecule has 22 heavy (non-hydrogen) atoms. The topological polar surface area (TPSA) is 24.1 Å². The fourth-order valence-electron chi connectivity index (χ4n) is 1.76. The second-order valence-corrected chi connectivity index (χ2v) is 5.05. The lowest BCUT2D eigenvalue weighted by molar-refractivity contribution is -0.137. The summed E-state index contributed by atoms with van der Waals surface area (Å²) in [6.45, 7) is 1.80. The van der Waals surface area contributed by atoms with Gasteiger partial charge >= 0.3 is 6.18 Å². The molecule has 2 aromatic rings. The Morgan fingerprint density at radius 2 is 1.64 bits per heavy atom. The predicted octanol–water partition coefficient (Wildman–Crippen LogP) is 4.96. The molecular weight excluding hydrogens is 316 g/mol. The van der Waals surface area contributed by atoms with Gasteiger partial charge in [-0.25, -0.2) is 4.39 Å². The molecule has 0 saturated heterocycles.